The second-order valence-corrected chi connectivity index (χ2v) is 6.36. The highest BCUT2D eigenvalue weighted by Crippen LogP contribution is 2.23. The molecule has 0 spiro atoms. The first-order valence-corrected chi connectivity index (χ1v) is 8.83. The van der Waals surface area contributed by atoms with Crippen LogP contribution >= 0.6 is 11.6 Å². The van der Waals surface area contributed by atoms with E-state index in [2.05, 4.69) is 10.3 Å². The first-order chi connectivity index (χ1) is 13.4. The van der Waals surface area contributed by atoms with Crippen LogP contribution in [0.1, 0.15) is 17.3 Å². The van der Waals surface area contributed by atoms with Gasteiger partial charge in [-0.15, -0.1) is 0 Å². The van der Waals surface area contributed by atoms with Gasteiger partial charge in [-0.05, 0) is 54.4 Å². The molecule has 28 heavy (non-hydrogen) atoms. The fourth-order valence-electron chi connectivity index (χ4n) is 2.45. The van der Waals surface area contributed by atoms with Crippen LogP contribution in [0.25, 0.3) is 11.1 Å². The van der Waals surface area contributed by atoms with Crippen molar-refractivity contribution in [1.29, 1.82) is 0 Å². The Morgan fingerprint density at radius 1 is 1.04 bits per heavy atom. The molecule has 1 amide bonds. The van der Waals surface area contributed by atoms with Crippen molar-refractivity contribution in [2.24, 2.45) is 0 Å². The molecule has 0 saturated heterocycles. The lowest BCUT2D eigenvalue weighted by Crippen LogP contribution is -2.30. The number of amides is 1. The molecule has 2 N–H and O–H groups in total. The number of nitrogens with one attached hydrogen (secondary N) is 1. The van der Waals surface area contributed by atoms with Gasteiger partial charge >= 0.3 is 5.97 Å². The number of anilines is 1. The van der Waals surface area contributed by atoms with Crippen LogP contribution in [0.2, 0.25) is 5.15 Å². The molecule has 7 heteroatoms. The second kappa shape index (κ2) is 8.54. The highest BCUT2D eigenvalue weighted by molar-refractivity contribution is 6.32. The molecule has 1 heterocycles. The van der Waals surface area contributed by atoms with E-state index in [-0.39, 0.29) is 10.9 Å². The van der Waals surface area contributed by atoms with Crippen molar-refractivity contribution in [3.63, 3.8) is 0 Å². The average Bonchev–Trinajstić information content (AvgIpc) is 2.70. The molecule has 0 bridgehead atoms. The van der Waals surface area contributed by atoms with Gasteiger partial charge in [0.05, 0.1) is 11.3 Å². The van der Waals surface area contributed by atoms with E-state index in [1.807, 2.05) is 0 Å². The zero-order chi connectivity index (χ0) is 20.1. The van der Waals surface area contributed by atoms with Crippen molar-refractivity contribution in [1.82, 2.24) is 4.98 Å². The lowest BCUT2D eigenvalue weighted by molar-refractivity contribution is -0.123. The number of rotatable bonds is 5. The van der Waals surface area contributed by atoms with Gasteiger partial charge in [-0.1, -0.05) is 35.9 Å². The largest absolute Gasteiger partial charge is 0.508 e. The zero-order valence-corrected chi connectivity index (χ0v) is 15.7. The van der Waals surface area contributed by atoms with Gasteiger partial charge in [-0.25, -0.2) is 9.78 Å². The van der Waals surface area contributed by atoms with Gasteiger partial charge in [0.1, 0.15) is 5.75 Å². The molecular formula is C21H17ClN2O4. The number of ether oxygens (including phenoxy) is 1. The molecule has 0 aliphatic carbocycles. The number of carbonyl (C=O) groups excluding carboxylic acids is 2. The predicted molar refractivity (Wildman–Crippen MR) is 106 cm³/mol. The van der Waals surface area contributed by atoms with Crippen LogP contribution in [-0.4, -0.2) is 28.1 Å². The Morgan fingerprint density at radius 2 is 1.64 bits per heavy atom. The molecule has 0 radical (unpaired) electrons. The molecule has 1 atom stereocenters. The van der Waals surface area contributed by atoms with Crippen molar-refractivity contribution in [3.05, 3.63) is 77.6 Å². The number of pyridine rings is 1. The summed E-state index contributed by atoms with van der Waals surface area (Å²) >= 11 is 5.90. The summed E-state index contributed by atoms with van der Waals surface area (Å²) in [5, 5.41) is 12.1. The molecule has 6 nitrogen and oxygen atoms in total. The highest BCUT2D eigenvalue weighted by atomic mass is 35.5. The van der Waals surface area contributed by atoms with Crippen LogP contribution in [0.3, 0.4) is 0 Å². The smallest absolute Gasteiger partial charge is 0.338 e. The number of hydrogen-bond donors (Lipinski definition) is 2. The number of carbonyl (C=O) groups is 2. The van der Waals surface area contributed by atoms with Gasteiger partial charge in [-0.3, -0.25) is 4.79 Å². The number of aromatic hydroxyl groups is 1. The molecule has 0 unspecified atom stereocenters. The molecule has 0 fully saturated rings. The number of phenolic OH excluding ortho intramolecular Hbond substituents is 1. The summed E-state index contributed by atoms with van der Waals surface area (Å²) < 4.78 is 5.22. The van der Waals surface area contributed by atoms with Crippen LogP contribution < -0.4 is 5.32 Å². The number of aromatic nitrogens is 1. The minimum atomic E-state index is -1.01. The first kappa shape index (κ1) is 19.4. The quantitative estimate of drug-likeness (QED) is 0.496. The Kier molecular flexibility index (Phi) is 5.91. The molecule has 2 aromatic carbocycles. The number of hydrogen-bond acceptors (Lipinski definition) is 5. The van der Waals surface area contributed by atoms with Crippen molar-refractivity contribution in [2.75, 3.05) is 5.32 Å². The normalized spacial score (nSPS) is 11.5. The van der Waals surface area contributed by atoms with E-state index in [1.165, 1.54) is 13.1 Å². The van der Waals surface area contributed by atoms with Crippen molar-refractivity contribution in [2.45, 2.75) is 13.0 Å². The summed E-state index contributed by atoms with van der Waals surface area (Å²) in [6.45, 7) is 1.47. The van der Waals surface area contributed by atoms with E-state index < -0.39 is 18.0 Å². The molecule has 3 rings (SSSR count). The number of phenols is 1. The maximum absolute atomic E-state index is 12.3. The van der Waals surface area contributed by atoms with Crippen LogP contribution in [0, 0.1) is 0 Å². The molecular weight excluding hydrogens is 380 g/mol. The summed E-state index contributed by atoms with van der Waals surface area (Å²) in [4.78, 5) is 28.4. The lowest BCUT2D eigenvalue weighted by Gasteiger charge is -2.14. The lowest BCUT2D eigenvalue weighted by atomic mass is 10.0. The summed E-state index contributed by atoms with van der Waals surface area (Å²) in [7, 11) is 0. The standard InChI is InChI=1S/C21H17ClN2O4/c1-13(20(26)24-18-3-2-12-23-19(18)22)28-21(27)16-6-4-14(5-7-16)15-8-10-17(25)11-9-15/h2-13,25H,1H3,(H,24,26)/t13-/m1/s1. The van der Waals surface area contributed by atoms with E-state index in [0.717, 1.165) is 11.1 Å². The summed E-state index contributed by atoms with van der Waals surface area (Å²) in [5.41, 5.74) is 2.45. The summed E-state index contributed by atoms with van der Waals surface area (Å²) in [5.74, 6) is -0.940. The van der Waals surface area contributed by atoms with Gasteiger partial charge in [0, 0.05) is 6.20 Å². The van der Waals surface area contributed by atoms with E-state index in [4.69, 9.17) is 16.3 Å². The second-order valence-electron chi connectivity index (χ2n) is 6.00. The first-order valence-electron chi connectivity index (χ1n) is 8.46. The van der Waals surface area contributed by atoms with Gasteiger partial charge in [-0.2, -0.15) is 0 Å². The Hall–Kier alpha value is -3.38. The third kappa shape index (κ3) is 4.66. The maximum atomic E-state index is 12.3. The Bertz CT molecular complexity index is 988. The fourth-order valence-corrected chi connectivity index (χ4v) is 2.61. The highest BCUT2D eigenvalue weighted by Gasteiger charge is 2.20. The summed E-state index contributed by atoms with van der Waals surface area (Å²) in [6.07, 6.45) is 0.490. The molecule has 1 aromatic heterocycles. The van der Waals surface area contributed by atoms with Crippen LogP contribution in [0.5, 0.6) is 5.75 Å². The molecule has 0 saturated carbocycles. The number of nitrogens with zero attached hydrogens (tertiary/aromatic N) is 1. The minimum absolute atomic E-state index is 0.152. The average molecular weight is 397 g/mol. The maximum Gasteiger partial charge on any atom is 0.338 e. The molecule has 3 aromatic rings. The molecule has 142 valence electrons. The van der Waals surface area contributed by atoms with Gasteiger partial charge in [0.15, 0.2) is 11.3 Å². The van der Waals surface area contributed by atoms with E-state index >= 15 is 0 Å². The number of halogens is 1. The SMILES string of the molecule is C[C@@H](OC(=O)c1ccc(-c2ccc(O)cc2)cc1)C(=O)Nc1cccnc1Cl. The minimum Gasteiger partial charge on any atom is -0.508 e. The Labute approximate surface area is 166 Å². The van der Waals surface area contributed by atoms with Gasteiger partial charge in [0.25, 0.3) is 5.91 Å². The zero-order valence-electron chi connectivity index (χ0n) is 14.9. The summed E-state index contributed by atoms with van der Waals surface area (Å²) in [6, 6.07) is 16.7. The Balaban J connectivity index is 1.63. The van der Waals surface area contributed by atoms with E-state index in [1.54, 1.807) is 60.7 Å². The number of benzene rings is 2. The van der Waals surface area contributed by atoms with E-state index in [0.29, 0.717) is 11.3 Å². The topological polar surface area (TPSA) is 88.5 Å². The third-order valence-electron chi connectivity index (χ3n) is 3.99. The van der Waals surface area contributed by atoms with Crippen molar-refractivity contribution < 1.29 is 19.4 Å². The van der Waals surface area contributed by atoms with Crippen molar-refractivity contribution >= 4 is 29.2 Å². The third-order valence-corrected chi connectivity index (χ3v) is 4.29. The fraction of sp³-hybridized carbons (Fsp3) is 0.0952. The monoisotopic (exact) mass is 396 g/mol. The molecule has 0 aliphatic heterocycles. The van der Waals surface area contributed by atoms with Crippen LogP contribution in [0.15, 0.2) is 66.9 Å². The van der Waals surface area contributed by atoms with E-state index in [9.17, 15) is 14.7 Å². The van der Waals surface area contributed by atoms with Gasteiger partial charge in [0.2, 0.25) is 0 Å². The van der Waals surface area contributed by atoms with Gasteiger partial charge < -0.3 is 15.2 Å². The Morgan fingerprint density at radius 3 is 2.25 bits per heavy atom. The molecule has 0 aliphatic rings. The van der Waals surface area contributed by atoms with Crippen molar-refractivity contribution in [3.8, 4) is 16.9 Å². The number of esters is 1. The predicted octanol–water partition coefficient (Wildman–Crippen LogP) is 4.29. The van der Waals surface area contributed by atoms with Crippen LogP contribution in [-0.2, 0) is 9.53 Å². The van der Waals surface area contributed by atoms with Crippen LogP contribution in [0.4, 0.5) is 5.69 Å².